The van der Waals surface area contributed by atoms with Crippen LogP contribution >= 0.6 is 11.3 Å². The second-order valence-corrected chi connectivity index (χ2v) is 5.43. The molecule has 0 saturated heterocycles. The zero-order valence-electron chi connectivity index (χ0n) is 10.6. The summed E-state index contributed by atoms with van der Waals surface area (Å²) in [5.41, 5.74) is 3.31. The van der Waals surface area contributed by atoms with Gasteiger partial charge in [-0.25, -0.2) is 9.78 Å². The normalized spacial score (nSPS) is 10.9. The van der Waals surface area contributed by atoms with Crippen LogP contribution in [0.5, 0.6) is 0 Å². The molecule has 0 spiro atoms. The van der Waals surface area contributed by atoms with E-state index in [0.717, 1.165) is 21.8 Å². The first-order valence-electron chi connectivity index (χ1n) is 5.78. The lowest BCUT2D eigenvalue weighted by molar-refractivity contribution is 0.0697. The molecule has 0 aliphatic heterocycles. The van der Waals surface area contributed by atoms with Gasteiger partial charge in [0.15, 0.2) is 0 Å². The smallest absolute Gasteiger partial charge is 0.335 e. The number of nitrogens with zero attached hydrogens (tertiary/aromatic N) is 1. The number of carboxylic acid groups (broad SMARTS) is 1. The van der Waals surface area contributed by atoms with Gasteiger partial charge in [0.25, 0.3) is 0 Å². The summed E-state index contributed by atoms with van der Waals surface area (Å²) in [5, 5.41) is 11.9. The van der Waals surface area contributed by atoms with E-state index in [1.54, 1.807) is 23.5 Å². The van der Waals surface area contributed by atoms with Crippen LogP contribution in [0.2, 0.25) is 0 Å². The molecule has 0 aliphatic carbocycles. The maximum absolute atomic E-state index is 11.0. The van der Waals surface area contributed by atoms with E-state index in [-0.39, 0.29) is 0 Å². The number of carboxylic acids is 1. The van der Waals surface area contributed by atoms with Crippen LogP contribution in [0.1, 0.15) is 41.4 Å². The van der Waals surface area contributed by atoms with Gasteiger partial charge in [-0.15, -0.1) is 11.3 Å². The molecule has 0 fully saturated rings. The number of aryl methyl sites for hydroxylation is 1. The SMILES string of the molecule is Cc1ccc(C(=O)O)cc1-c1nc(C(C)C)cs1. The third-order valence-electron chi connectivity index (χ3n) is 2.83. The summed E-state index contributed by atoms with van der Waals surface area (Å²) in [6.07, 6.45) is 0. The molecule has 3 nitrogen and oxygen atoms in total. The minimum Gasteiger partial charge on any atom is -0.478 e. The third kappa shape index (κ3) is 2.43. The molecule has 0 atom stereocenters. The predicted octanol–water partition coefficient (Wildman–Crippen LogP) is 3.94. The van der Waals surface area contributed by atoms with E-state index in [0.29, 0.717) is 11.5 Å². The fraction of sp³-hybridized carbons (Fsp3) is 0.286. The molecular weight excluding hydrogens is 246 g/mol. The monoisotopic (exact) mass is 261 g/mol. The van der Waals surface area contributed by atoms with Crippen molar-refractivity contribution in [2.24, 2.45) is 0 Å². The van der Waals surface area contributed by atoms with Crippen LogP contribution in [-0.2, 0) is 0 Å². The highest BCUT2D eigenvalue weighted by Gasteiger charge is 2.12. The number of hydrogen-bond acceptors (Lipinski definition) is 3. The Morgan fingerprint density at radius 3 is 2.67 bits per heavy atom. The third-order valence-corrected chi connectivity index (χ3v) is 3.72. The van der Waals surface area contributed by atoms with Gasteiger partial charge in [0.05, 0.1) is 11.3 Å². The van der Waals surface area contributed by atoms with Gasteiger partial charge in [0.2, 0.25) is 0 Å². The van der Waals surface area contributed by atoms with Crippen LogP contribution in [-0.4, -0.2) is 16.1 Å². The highest BCUT2D eigenvalue weighted by Crippen LogP contribution is 2.29. The molecule has 0 aliphatic rings. The quantitative estimate of drug-likeness (QED) is 0.910. The van der Waals surface area contributed by atoms with Crippen molar-refractivity contribution in [3.63, 3.8) is 0 Å². The number of aromatic carboxylic acids is 1. The first kappa shape index (κ1) is 12.8. The molecule has 0 unspecified atom stereocenters. The first-order chi connectivity index (χ1) is 8.49. The largest absolute Gasteiger partial charge is 0.478 e. The van der Waals surface area contributed by atoms with Crippen LogP contribution < -0.4 is 0 Å². The molecule has 0 amide bonds. The number of thiazole rings is 1. The Morgan fingerprint density at radius 2 is 2.11 bits per heavy atom. The molecule has 0 saturated carbocycles. The molecule has 94 valence electrons. The van der Waals surface area contributed by atoms with Crippen LogP contribution in [0.25, 0.3) is 10.6 Å². The topological polar surface area (TPSA) is 50.2 Å². The fourth-order valence-electron chi connectivity index (χ4n) is 1.66. The molecule has 0 bridgehead atoms. The molecule has 1 aromatic carbocycles. The lowest BCUT2D eigenvalue weighted by Gasteiger charge is -2.04. The molecule has 0 radical (unpaired) electrons. The second kappa shape index (κ2) is 4.90. The molecule has 18 heavy (non-hydrogen) atoms. The van der Waals surface area contributed by atoms with Crippen molar-refractivity contribution >= 4 is 17.3 Å². The Labute approximate surface area is 110 Å². The Bertz CT molecular complexity index is 587. The average molecular weight is 261 g/mol. The Kier molecular flexibility index (Phi) is 3.48. The van der Waals surface area contributed by atoms with E-state index in [1.807, 2.05) is 18.4 Å². The highest BCUT2D eigenvalue weighted by molar-refractivity contribution is 7.13. The Hall–Kier alpha value is -1.68. The number of carbonyl (C=O) groups is 1. The van der Waals surface area contributed by atoms with Crippen molar-refractivity contribution in [1.82, 2.24) is 4.98 Å². The lowest BCUT2D eigenvalue weighted by atomic mass is 10.1. The van der Waals surface area contributed by atoms with Gasteiger partial charge >= 0.3 is 5.97 Å². The molecule has 2 aromatic rings. The number of benzene rings is 1. The number of aromatic nitrogens is 1. The van der Waals surface area contributed by atoms with Gasteiger partial charge in [-0.3, -0.25) is 0 Å². The molecule has 1 aromatic heterocycles. The summed E-state index contributed by atoms with van der Waals surface area (Å²) in [6.45, 7) is 6.16. The lowest BCUT2D eigenvalue weighted by Crippen LogP contribution is -1.97. The van der Waals surface area contributed by atoms with E-state index in [2.05, 4.69) is 18.8 Å². The maximum atomic E-state index is 11.0. The first-order valence-corrected chi connectivity index (χ1v) is 6.66. The number of hydrogen-bond donors (Lipinski definition) is 1. The predicted molar refractivity (Wildman–Crippen MR) is 73.3 cm³/mol. The van der Waals surface area contributed by atoms with Crippen molar-refractivity contribution in [3.8, 4) is 10.6 Å². The minimum atomic E-state index is -0.906. The molecule has 1 heterocycles. The summed E-state index contributed by atoms with van der Waals surface area (Å²) < 4.78 is 0. The number of rotatable bonds is 3. The maximum Gasteiger partial charge on any atom is 0.335 e. The van der Waals surface area contributed by atoms with Crippen molar-refractivity contribution in [1.29, 1.82) is 0 Å². The Balaban J connectivity index is 2.48. The van der Waals surface area contributed by atoms with E-state index < -0.39 is 5.97 Å². The summed E-state index contributed by atoms with van der Waals surface area (Å²) in [4.78, 5) is 15.6. The molecule has 2 rings (SSSR count). The Morgan fingerprint density at radius 1 is 1.39 bits per heavy atom. The van der Waals surface area contributed by atoms with E-state index in [9.17, 15) is 4.79 Å². The van der Waals surface area contributed by atoms with Crippen LogP contribution in [0.4, 0.5) is 0 Å². The van der Waals surface area contributed by atoms with Gasteiger partial charge in [0, 0.05) is 10.9 Å². The standard InChI is InChI=1S/C14H15NO2S/c1-8(2)12-7-18-13(15-12)11-6-10(14(16)17)5-4-9(11)3/h4-8H,1-3H3,(H,16,17). The van der Waals surface area contributed by atoms with Crippen molar-refractivity contribution in [2.75, 3.05) is 0 Å². The highest BCUT2D eigenvalue weighted by atomic mass is 32.1. The summed E-state index contributed by atoms with van der Waals surface area (Å²) in [7, 11) is 0. The van der Waals surface area contributed by atoms with E-state index in [1.165, 1.54) is 0 Å². The van der Waals surface area contributed by atoms with E-state index in [4.69, 9.17) is 5.11 Å². The van der Waals surface area contributed by atoms with Crippen LogP contribution in [0.3, 0.4) is 0 Å². The average Bonchev–Trinajstić information content (AvgIpc) is 2.78. The van der Waals surface area contributed by atoms with Gasteiger partial charge in [-0.1, -0.05) is 19.9 Å². The zero-order valence-corrected chi connectivity index (χ0v) is 11.4. The fourth-order valence-corrected chi connectivity index (χ4v) is 2.72. The van der Waals surface area contributed by atoms with E-state index >= 15 is 0 Å². The second-order valence-electron chi connectivity index (χ2n) is 4.57. The van der Waals surface area contributed by atoms with Crippen molar-refractivity contribution < 1.29 is 9.90 Å². The molecular formula is C14H15NO2S. The van der Waals surface area contributed by atoms with Crippen LogP contribution in [0.15, 0.2) is 23.6 Å². The molecule has 1 N–H and O–H groups in total. The van der Waals surface area contributed by atoms with Gasteiger partial charge in [-0.05, 0) is 30.5 Å². The van der Waals surface area contributed by atoms with Gasteiger partial charge in [0.1, 0.15) is 5.01 Å². The van der Waals surface area contributed by atoms with Crippen molar-refractivity contribution in [3.05, 3.63) is 40.4 Å². The van der Waals surface area contributed by atoms with Crippen LogP contribution in [0, 0.1) is 6.92 Å². The molecule has 4 heteroatoms. The zero-order chi connectivity index (χ0) is 13.3. The van der Waals surface area contributed by atoms with Gasteiger partial charge in [-0.2, -0.15) is 0 Å². The van der Waals surface area contributed by atoms with Gasteiger partial charge < -0.3 is 5.11 Å². The summed E-state index contributed by atoms with van der Waals surface area (Å²) in [5.74, 6) is -0.519. The summed E-state index contributed by atoms with van der Waals surface area (Å²) >= 11 is 1.56. The minimum absolute atomic E-state index is 0.303. The summed E-state index contributed by atoms with van der Waals surface area (Å²) in [6, 6.07) is 5.15. The van der Waals surface area contributed by atoms with Crippen molar-refractivity contribution in [2.45, 2.75) is 26.7 Å².